The van der Waals surface area contributed by atoms with E-state index in [1.54, 1.807) is 37.3 Å². The highest BCUT2D eigenvalue weighted by atomic mass is 35.5. The van der Waals surface area contributed by atoms with E-state index in [1.165, 1.54) is 25.3 Å². The molecule has 25 heavy (non-hydrogen) atoms. The molecule has 0 spiro atoms. The second-order valence-corrected chi connectivity index (χ2v) is 6.17. The van der Waals surface area contributed by atoms with Gasteiger partial charge in [-0.25, -0.2) is 4.79 Å². The van der Waals surface area contributed by atoms with E-state index in [4.69, 9.17) is 32.4 Å². The quantitative estimate of drug-likeness (QED) is 0.594. The van der Waals surface area contributed by atoms with Crippen molar-refractivity contribution >= 4 is 41.2 Å². The zero-order valence-electron chi connectivity index (χ0n) is 13.7. The summed E-state index contributed by atoms with van der Waals surface area (Å²) in [5.41, 5.74) is 0.718. The molecule has 7 heteroatoms. The number of nitrogens with one attached hydrogen (secondary N) is 1. The number of carbonyl (C=O) groups is 2. The standard InChI is InChI=1S/C18H17Cl2NO4/c1-11(15-7-5-13(19)10-16(15)20)21-18(23)12(2)25-17(22)8-6-14-4-3-9-24-14/h3-12H,1-2H3,(H,21,23)/b8-6+/t11-,12+/m1/s1. The third kappa shape index (κ3) is 5.66. The summed E-state index contributed by atoms with van der Waals surface area (Å²) in [5.74, 6) is -0.561. The molecule has 0 unspecified atom stereocenters. The topological polar surface area (TPSA) is 68.5 Å². The van der Waals surface area contributed by atoms with Gasteiger partial charge in [0.25, 0.3) is 5.91 Å². The van der Waals surface area contributed by atoms with Crippen molar-refractivity contribution in [1.82, 2.24) is 5.32 Å². The molecule has 0 aliphatic carbocycles. The molecule has 1 aromatic heterocycles. The molecule has 5 nitrogen and oxygen atoms in total. The predicted octanol–water partition coefficient (Wildman–Crippen LogP) is 4.41. The summed E-state index contributed by atoms with van der Waals surface area (Å²) in [4.78, 5) is 23.9. The summed E-state index contributed by atoms with van der Waals surface area (Å²) in [6.07, 6.45) is 3.19. The maximum atomic E-state index is 12.2. The molecule has 0 saturated heterocycles. The maximum absolute atomic E-state index is 12.2. The number of rotatable bonds is 6. The number of halogens is 2. The van der Waals surface area contributed by atoms with Gasteiger partial charge in [-0.3, -0.25) is 4.79 Å². The van der Waals surface area contributed by atoms with Crippen LogP contribution in [0.15, 0.2) is 47.1 Å². The van der Waals surface area contributed by atoms with Crippen LogP contribution in [-0.2, 0) is 14.3 Å². The molecule has 0 saturated carbocycles. The van der Waals surface area contributed by atoms with Crippen molar-refractivity contribution in [2.45, 2.75) is 26.0 Å². The lowest BCUT2D eigenvalue weighted by Crippen LogP contribution is -2.37. The highest BCUT2D eigenvalue weighted by Crippen LogP contribution is 2.26. The SMILES string of the molecule is C[C@H](OC(=O)/C=C/c1ccco1)C(=O)N[C@H](C)c1ccc(Cl)cc1Cl. The summed E-state index contributed by atoms with van der Waals surface area (Å²) in [5, 5.41) is 3.71. The Kier molecular flexibility index (Phi) is 6.67. The molecule has 2 aromatic rings. The fourth-order valence-corrected chi connectivity index (χ4v) is 2.64. The molecule has 0 bridgehead atoms. The number of hydrogen-bond acceptors (Lipinski definition) is 4. The first kappa shape index (κ1) is 19.1. The van der Waals surface area contributed by atoms with Gasteiger partial charge in [-0.1, -0.05) is 29.3 Å². The molecule has 2 atom stereocenters. The van der Waals surface area contributed by atoms with Crippen LogP contribution in [0.3, 0.4) is 0 Å². The van der Waals surface area contributed by atoms with Crippen molar-refractivity contribution in [3.05, 3.63) is 64.0 Å². The Morgan fingerprint density at radius 3 is 2.64 bits per heavy atom. The summed E-state index contributed by atoms with van der Waals surface area (Å²) >= 11 is 12.0. The Labute approximate surface area is 155 Å². The lowest BCUT2D eigenvalue weighted by atomic mass is 10.1. The number of furan rings is 1. The van der Waals surface area contributed by atoms with Crippen molar-refractivity contribution < 1.29 is 18.7 Å². The number of hydrogen-bond donors (Lipinski definition) is 1. The molecule has 1 heterocycles. The molecule has 132 valence electrons. The van der Waals surface area contributed by atoms with Crippen LogP contribution in [0, 0.1) is 0 Å². The van der Waals surface area contributed by atoms with Gasteiger partial charge >= 0.3 is 5.97 Å². The average molecular weight is 382 g/mol. The second-order valence-electron chi connectivity index (χ2n) is 5.32. The van der Waals surface area contributed by atoms with Crippen molar-refractivity contribution in [3.8, 4) is 0 Å². The Morgan fingerprint density at radius 1 is 1.24 bits per heavy atom. The lowest BCUT2D eigenvalue weighted by Gasteiger charge is -2.19. The molecule has 1 aromatic carbocycles. The van der Waals surface area contributed by atoms with Gasteiger partial charge in [-0.05, 0) is 49.8 Å². The highest BCUT2D eigenvalue weighted by Gasteiger charge is 2.20. The second kappa shape index (κ2) is 8.74. The fraction of sp³-hybridized carbons (Fsp3) is 0.222. The van der Waals surface area contributed by atoms with E-state index in [9.17, 15) is 9.59 Å². The first-order valence-corrected chi connectivity index (χ1v) is 8.30. The van der Waals surface area contributed by atoms with Gasteiger partial charge in [0.05, 0.1) is 12.3 Å². The van der Waals surface area contributed by atoms with Crippen molar-refractivity contribution in [2.75, 3.05) is 0 Å². The molecule has 0 radical (unpaired) electrons. The van der Waals surface area contributed by atoms with Crippen LogP contribution in [0.1, 0.15) is 31.2 Å². The minimum Gasteiger partial charge on any atom is -0.465 e. The first-order valence-electron chi connectivity index (χ1n) is 7.54. The van der Waals surface area contributed by atoms with Crippen molar-refractivity contribution in [2.24, 2.45) is 0 Å². The summed E-state index contributed by atoms with van der Waals surface area (Å²) in [7, 11) is 0. The molecular weight excluding hydrogens is 365 g/mol. The summed E-state index contributed by atoms with van der Waals surface area (Å²) < 4.78 is 10.1. The van der Waals surface area contributed by atoms with E-state index >= 15 is 0 Å². The van der Waals surface area contributed by atoms with E-state index in [0.717, 1.165) is 5.56 Å². The fourth-order valence-electron chi connectivity index (χ4n) is 2.06. The van der Waals surface area contributed by atoms with Crippen LogP contribution in [0.4, 0.5) is 0 Å². The van der Waals surface area contributed by atoms with Gasteiger partial charge in [0.1, 0.15) is 5.76 Å². The number of esters is 1. The Hall–Kier alpha value is -2.24. The zero-order chi connectivity index (χ0) is 18.4. The minimum atomic E-state index is -0.956. The predicted molar refractivity (Wildman–Crippen MR) is 96.3 cm³/mol. The monoisotopic (exact) mass is 381 g/mol. The first-order chi connectivity index (χ1) is 11.9. The van der Waals surface area contributed by atoms with Crippen LogP contribution in [-0.4, -0.2) is 18.0 Å². The summed E-state index contributed by atoms with van der Waals surface area (Å²) in [6, 6.07) is 8.05. The minimum absolute atomic E-state index is 0.364. The third-order valence-electron chi connectivity index (χ3n) is 3.38. The molecule has 1 amide bonds. The van der Waals surface area contributed by atoms with E-state index in [-0.39, 0.29) is 6.04 Å². The van der Waals surface area contributed by atoms with Crippen LogP contribution < -0.4 is 5.32 Å². The molecule has 1 N–H and O–H groups in total. The molecule has 0 aliphatic rings. The third-order valence-corrected chi connectivity index (χ3v) is 3.94. The molecule has 0 fully saturated rings. The molecule has 2 rings (SSSR count). The van der Waals surface area contributed by atoms with Crippen LogP contribution >= 0.6 is 23.2 Å². The van der Waals surface area contributed by atoms with E-state index < -0.39 is 18.0 Å². The average Bonchev–Trinajstić information content (AvgIpc) is 3.06. The van der Waals surface area contributed by atoms with Crippen molar-refractivity contribution in [1.29, 1.82) is 0 Å². The van der Waals surface area contributed by atoms with Crippen LogP contribution in [0.25, 0.3) is 6.08 Å². The van der Waals surface area contributed by atoms with E-state index in [0.29, 0.717) is 15.8 Å². The summed E-state index contributed by atoms with van der Waals surface area (Å²) in [6.45, 7) is 3.27. The van der Waals surface area contributed by atoms with Gasteiger partial charge in [0.15, 0.2) is 6.10 Å². The normalized spacial score (nSPS) is 13.4. The van der Waals surface area contributed by atoms with E-state index in [1.807, 2.05) is 0 Å². The lowest BCUT2D eigenvalue weighted by molar-refractivity contribution is -0.150. The van der Waals surface area contributed by atoms with Gasteiger partial charge in [0.2, 0.25) is 0 Å². The Bertz CT molecular complexity index is 771. The van der Waals surface area contributed by atoms with Gasteiger partial charge in [-0.15, -0.1) is 0 Å². The van der Waals surface area contributed by atoms with Gasteiger partial charge in [0, 0.05) is 16.1 Å². The van der Waals surface area contributed by atoms with Gasteiger partial charge < -0.3 is 14.5 Å². The van der Waals surface area contributed by atoms with Gasteiger partial charge in [-0.2, -0.15) is 0 Å². The maximum Gasteiger partial charge on any atom is 0.331 e. The highest BCUT2D eigenvalue weighted by molar-refractivity contribution is 6.35. The zero-order valence-corrected chi connectivity index (χ0v) is 15.2. The Balaban J connectivity index is 1.89. The molecule has 0 aliphatic heterocycles. The van der Waals surface area contributed by atoms with Crippen LogP contribution in [0.5, 0.6) is 0 Å². The number of carbonyl (C=O) groups excluding carboxylic acids is 2. The molecular formula is C18H17Cl2NO4. The van der Waals surface area contributed by atoms with E-state index in [2.05, 4.69) is 5.32 Å². The largest absolute Gasteiger partial charge is 0.465 e. The number of amides is 1. The van der Waals surface area contributed by atoms with Crippen LogP contribution in [0.2, 0.25) is 10.0 Å². The number of ether oxygens (including phenoxy) is 1. The Morgan fingerprint density at radius 2 is 2.00 bits per heavy atom. The number of benzene rings is 1. The smallest absolute Gasteiger partial charge is 0.331 e. The van der Waals surface area contributed by atoms with Crippen molar-refractivity contribution in [3.63, 3.8) is 0 Å².